The van der Waals surface area contributed by atoms with Gasteiger partial charge < -0.3 is 15.0 Å². The number of carbonyl (C=O) groups is 2. The molecule has 2 aliphatic heterocycles. The van der Waals surface area contributed by atoms with Crippen molar-refractivity contribution >= 4 is 11.8 Å². The van der Waals surface area contributed by atoms with Crippen LogP contribution in [0.1, 0.15) is 32.6 Å². The molecule has 0 radical (unpaired) electrons. The number of rotatable bonds is 5. The third kappa shape index (κ3) is 5.15. The lowest BCUT2D eigenvalue weighted by Crippen LogP contribution is -2.56. The monoisotopic (exact) mass is 352 g/mol. The molecule has 1 saturated carbocycles. The van der Waals surface area contributed by atoms with Crippen molar-refractivity contribution in [2.45, 2.75) is 44.7 Å². The van der Waals surface area contributed by atoms with Crippen LogP contribution in [-0.4, -0.2) is 97.6 Å². The van der Waals surface area contributed by atoms with Crippen molar-refractivity contribution in [3.63, 3.8) is 0 Å². The summed E-state index contributed by atoms with van der Waals surface area (Å²) in [7, 11) is 0. The largest absolute Gasteiger partial charge is 0.378 e. The van der Waals surface area contributed by atoms with E-state index >= 15 is 0 Å². The van der Waals surface area contributed by atoms with Crippen LogP contribution < -0.4 is 5.32 Å². The number of hydrogen-bond donors (Lipinski definition) is 1. The van der Waals surface area contributed by atoms with Gasteiger partial charge in [-0.15, -0.1) is 0 Å². The number of morpholine rings is 1. The van der Waals surface area contributed by atoms with Crippen LogP contribution in [0.15, 0.2) is 0 Å². The number of hydrogen-bond acceptors (Lipinski definition) is 5. The van der Waals surface area contributed by atoms with E-state index in [1.807, 2.05) is 11.8 Å². The van der Waals surface area contributed by atoms with Crippen LogP contribution in [0.4, 0.5) is 0 Å². The Hall–Kier alpha value is -1.18. The summed E-state index contributed by atoms with van der Waals surface area (Å²) in [4.78, 5) is 31.1. The topological polar surface area (TPSA) is 65.1 Å². The summed E-state index contributed by atoms with van der Waals surface area (Å²) in [5.74, 6) is 0.355. The number of ether oxygens (including phenoxy) is 1. The number of nitrogens with zero attached hydrogens (tertiary/aromatic N) is 3. The summed E-state index contributed by atoms with van der Waals surface area (Å²) in [5.41, 5.74) is 0. The Kier molecular flexibility index (Phi) is 6.67. The van der Waals surface area contributed by atoms with Crippen molar-refractivity contribution in [1.82, 2.24) is 20.0 Å². The SMILES string of the molecule is CC(C(=O)NC1CCCC1)N1CCN(CC(=O)N2CCOCC2)CC1. The fraction of sp³-hybridized carbons (Fsp3) is 0.889. The lowest BCUT2D eigenvalue weighted by molar-refractivity contribution is -0.137. The number of piperazine rings is 1. The highest BCUT2D eigenvalue weighted by atomic mass is 16.5. The predicted molar refractivity (Wildman–Crippen MR) is 95.3 cm³/mol. The second-order valence-electron chi connectivity index (χ2n) is 7.47. The minimum atomic E-state index is -0.0855. The van der Waals surface area contributed by atoms with E-state index in [1.165, 1.54) is 12.8 Å². The Balaban J connectivity index is 1.38. The maximum atomic E-state index is 12.4. The fourth-order valence-electron chi connectivity index (χ4n) is 3.97. The molecule has 1 N–H and O–H groups in total. The van der Waals surface area contributed by atoms with Gasteiger partial charge in [0.2, 0.25) is 11.8 Å². The fourth-order valence-corrected chi connectivity index (χ4v) is 3.97. The maximum Gasteiger partial charge on any atom is 0.237 e. The normalized spacial score (nSPS) is 25.1. The molecule has 1 unspecified atom stereocenters. The average Bonchev–Trinajstić information content (AvgIpc) is 3.15. The zero-order valence-electron chi connectivity index (χ0n) is 15.4. The molecular formula is C18H32N4O3. The highest BCUT2D eigenvalue weighted by Gasteiger charge is 2.29. The molecule has 1 aliphatic carbocycles. The highest BCUT2D eigenvalue weighted by molar-refractivity contribution is 5.81. The highest BCUT2D eigenvalue weighted by Crippen LogP contribution is 2.18. The van der Waals surface area contributed by atoms with Crippen LogP contribution in [0.2, 0.25) is 0 Å². The first-order chi connectivity index (χ1) is 12.1. The van der Waals surface area contributed by atoms with E-state index in [4.69, 9.17) is 4.74 Å². The zero-order chi connectivity index (χ0) is 17.6. The van der Waals surface area contributed by atoms with Gasteiger partial charge in [-0.05, 0) is 19.8 Å². The van der Waals surface area contributed by atoms with Crippen molar-refractivity contribution in [1.29, 1.82) is 0 Å². The quantitative estimate of drug-likeness (QED) is 0.749. The van der Waals surface area contributed by atoms with E-state index < -0.39 is 0 Å². The van der Waals surface area contributed by atoms with E-state index in [0.717, 1.165) is 39.0 Å². The molecule has 7 nitrogen and oxygen atoms in total. The van der Waals surface area contributed by atoms with Crippen molar-refractivity contribution < 1.29 is 14.3 Å². The molecule has 0 aromatic carbocycles. The molecule has 0 aromatic rings. The molecule has 0 bridgehead atoms. The van der Waals surface area contributed by atoms with E-state index in [-0.39, 0.29) is 17.9 Å². The summed E-state index contributed by atoms with van der Waals surface area (Å²) in [6, 6.07) is 0.292. The molecule has 0 spiro atoms. The van der Waals surface area contributed by atoms with E-state index in [2.05, 4.69) is 15.1 Å². The molecule has 25 heavy (non-hydrogen) atoms. The van der Waals surface area contributed by atoms with Gasteiger partial charge in [0, 0.05) is 45.3 Å². The Morgan fingerprint density at radius 3 is 2.32 bits per heavy atom. The Bertz CT molecular complexity index is 453. The van der Waals surface area contributed by atoms with Crippen molar-refractivity contribution in [2.24, 2.45) is 0 Å². The first-order valence-corrected chi connectivity index (χ1v) is 9.76. The summed E-state index contributed by atoms with van der Waals surface area (Å²) in [5, 5.41) is 3.20. The van der Waals surface area contributed by atoms with Gasteiger partial charge in [-0.1, -0.05) is 12.8 Å². The van der Waals surface area contributed by atoms with Gasteiger partial charge in [-0.2, -0.15) is 0 Å². The summed E-state index contributed by atoms with van der Waals surface area (Å²) in [6.07, 6.45) is 4.70. The average molecular weight is 352 g/mol. The van der Waals surface area contributed by atoms with Gasteiger partial charge in [0.1, 0.15) is 0 Å². The zero-order valence-corrected chi connectivity index (χ0v) is 15.4. The summed E-state index contributed by atoms with van der Waals surface area (Å²) in [6.45, 7) is 8.56. The molecule has 2 saturated heterocycles. The Labute approximate surface area is 150 Å². The van der Waals surface area contributed by atoms with Gasteiger partial charge >= 0.3 is 0 Å². The standard InChI is InChI=1S/C18H32N4O3/c1-15(18(24)19-16-4-2-3-5-16)21-8-6-20(7-9-21)14-17(23)22-10-12-25-13-11-22/h15-16H,2-14H2,1H3,(H,19,24). The molecule has 7 heteroatoms. The van der Waals surface area contributed by atoms with E-state index in [1.54, 1.807) is 0 Å². The second-order valence-corrected chi connectivity index (χ2v) is 7.47. The van der Waals surface area contributed by atoms with Gasteiger partial charge in [-0.25, -0.2) is 0 Å². The smallest absolute Gasteiger partial charge is 0.237 e. The van der Waals surface area contributed by atoms with Crippen LogP contribution in [0, 0.1) is 0 Å². The molecule has 142 valence electrons. The van der Waals surface area contributed by atoms with E-state index in [9.17, 15) is 9.59 Å². The van der Waals surface area contributed by atoms with Gasteiger partial charge in [-0.3, -0.25) is 19.4 Å². The van der Waals surface area contributed by atoms with Crippen LogP contribution in [-0.2, 0) is 14.3 Å². The maximum absolute atomic E-state index is 12.4. The molecule has 1 atom stereocenters. The van der Waals surface area contributed by atoms with Crippen molar-refractivity contribution in [2.75, 3.05) is 59.0 Å². The summed E-state index contributed by atoms with van der Waals surface area (Å²) < 4.78 is 5.30. The molecule has 2 heterocycles. The van der Waals surface area contributed by atoms with Crippen LogP contribution in [0.25, 0.3) is 0 Å². The Morgan fingerprint density at radius 2 is 1.68 bits per heavy atom. The lowest BCUT2D eigenvalue weighted by Gasteiger charge is -2.38. The van der Waals surface area contributed by atoms with E-state index in [0.29, 0.717) is 38.9 Å². The third-order valence-corrected chi connectivity index (χ3v) is 5.76. The van der Waals surface area contributed by atoms with Gasteiger partial charge in [0.05, 0.1) is 25.8 Å². The van der Waals surface area contributed by atoms with Gasteiger partial charge in [0.15, 0.2) is 0 Å². The molecule has 0 aromatic heterocycles. The van der Waals surface area contributed by atoms with Crippen LogP contribution >= 0.6 is 0 Å². The first kappa shape index (κ1) is 18.6. The van der Waals surface area contributed by atoms with Crippen LogP contribution in [0.3, 0.4) is 0 Å². The molecule has 3 aliphatic rings. The van der Waals surface area contributed by atoms with Crippen molar-refractivity contribution in [3.8, 4) is 0 Å². The number of amides is 2. The Morgan fingerprint density at radius 1 is 1.04 bits per heavy atom. The first-order valence-electron chi connectivity index (χ1n) is 9.76. The second kappa shape index (κ2) is 8.96. The number of carbonyl (C=O) groups excluding carboxylic acids is 2. The van der Waals surface area contributed by atoms with Crippen molar-refractivity contribution in [3.05, 3.63) is 0 Å². The minimum Gasteiger partial charge on any atom is -0.378 e. The third-order valence-electron chi connectivity index (χ3n) is 5.76. The molecule has 2 amide bonds. The number of nitrogens with one attached hydrogen (secondary N) is 1. The molecule has 3 fully saturated rings. The predicted octanol–water partition coefficient (Wildman–Crippen LogP) is -0.0899. The molecule has 3 rings (SSSR count). The lowest BCUT2D eigenvalue weighted by atomic mass is 10.2. The van der Waals surface area contributed by atoms with Crippen LogP contribution in [0.5, 0.6) is 0 Å². The van der Waals surface area contributed by atoms with Gasteiger partial charge in [0.25, 0.3) is 0 Å². The minimum absolute atomic E-state index is 0.0855. The molecular weight excluding hydrogens is 320 g/mol. The summed E-state index contributed by atoms with van der Waals surface area (Å²) >= 11 is 0.